The molecule has 26 heavy (non-hydrogen) atoms. The number of hydrogen-bond acceptors (Lipinski definition) is 3. The molecule has 0 aliphatic carbocycles. The second-order valence-corrected chi connectivity index (χ2v) is 6.12. The predicted molar refractivity (Wildman–Crippen MR) is 102 cm³/mol. The molecular weight excluding hydrogens is 324 g/mol. The largest absolute Gasteiger partial charge is 0.489 e. The van der Waals surface area contributed by atoms with Crippen LogP contribution < -0.4 is 10.3 Å². The summed E-state index contributed by atoms with van der Waals surface area (Å²) in [6.45, 7) is 0.973. The summed E-state index contributed by atoms with van der Waals surface area (Å²) in [5.41, 5.74) is 2.79. The highest BCUT2D eigenvalue weighted by Gasteiger charge is 2.05. The molecule has 128 valence electrons. The second-order valence-electron chi connectivity index (χ2n) is 6.12. The van der Waals surface area contributed by atoms with Gasteiger partial charge in [0.05, 0.1) is 23.8 Å². The molecule has 3 aromatic carbocycles. The van der Waals surface area contributed by atoms with E-state index < -0.39 is 0 Å². The first-order valence-corrected chi connectivity index (χ1v) is 8.49. The van der Waals surface area contributed by atoms with E-state index in [1.165, 1.54) is 0 Å². The highest BCUT2D eigenvalue weighted by atomic mass is 16.5. The van der Waals surface area contributed by atoms with E-state index in [9.17, 15) is 4.79 Å². The van der Waals surface area contributed by atoms with Crippen LogP contribution in [0.3, 0.4) is 0 Å². The number of aromatic nitrogens is 2. The SMILES string of the molecule is O=c1c2ccccc2ncn1Cc1cccc(OCc2ccccc2)c1. The van der Waals surface area contributed by atoms with Gasteiger partial charge in [0.1, 0.15) is 12.4 Å². The Morgan fingerprint density at radius 2 is 1.62 bits per heavy atom. The molecule has 0 bridgehead atoms. The van der Waals surface area contributed by atoms with Crippen molar-refractivity contribution in [1.82, 2.24) is 9.55 Å². The Labute approximate surface area is 151 Å². The van der Waals surface area contributed by atoms with Gasteiger partial charge in [-0.05, 0) is 35.4 Å². The maximum atomic E-state index is 12.6. The standard InChI is InChI=1S/C22H18N2O2/c25-22-20-11-4-5-12-21(20)23-16-24(22)14-18-9-6-10-19(13-18)26-15-17-7-2-1-3-8-17/h1-13,16H,14-15H2. The molecule has 0 saturated carbocycles. The van der Waals surface area contributed by atoms with E-state index in [2.05, 4.69) is 4.98 Å². The monoisotopic (exact) mass is 342 g/mol. The van der Waals surface area contributed by atoms with Crippen molar-refractivity contribution in [2.75, 3.05) is 0 Å². The van der Waals surface area contributed by atoms with Crippen LogP contribution in [0.1, 0.15) is 11.1 Å². The molecule has 4 nitrogen and oxygen atoms in total. The zero-order valence-corrected chi connectivity index (χ0v) is 14.2. The van der Waals surface area contributed by atoms with E-state index in [4.69, 9.17) is 4.74 Å². The van der Waals surface area contributed by atoms with Gasteiger partial charge in [0.2, 0.25) is 0 Å². The van der Waals surface area contributed by atoms with Crippen molar-refractivity contribution in [3.05, 3.63) is 107 Å². The fourth-order valence-electron chi connectivity index (χ4n) is 2.89. The van der Waals surface area contributed by atoms with Gasteiger partial charge in [0.15, 0.2) is 0 Å². The molecular formula is C22H18N2O2. The van der Waals surface area contributed by atoms with Gasteiger partial charge in [-0.25, -0.2) is 4.98 Å². The lowest BCUT2D eigenvalue weighted by Gasteiger charge is -2.10. The number of rotatable bonds is 5. The number of ether oxygens (including phenoxy) is 1. The molecule has 4 rings (SSSR count). The van der Waals surface area contributed by atoms with Crippen molar-refractivity contribution in [3.8, 4) is 5.75 Å². The quantitative estimate of drug-likeness (QED) is 0.550. The first-order chi connectivity index (χ1) is 12.8. The summed E-state index contributed by atoms with van der Waals surface area (Å²) in [5.74, 6) is 0.785. The zero-order chi connectivity index (χ0) is 17.8. The molecule has 0 spiro atoms. The number of fused-ring (bicyclic) bond motifs is 1. The van der Waals surface area contributed by atoms with E-state index in [0.29, 0.717) is 24.1 Å². The van der Waals surface area contributed by atoms with Gasteiger partial charge < -0.3 is 4.74 Å². The summed E-state index contributed by atoms with van der Waals surface area (Å²) in [6.07, 6.45) is 1.60. The zero-order valence-electron chi connectivity index (χ0n) is 14.2. The molecule has 0 aliphatic heterocycles. The first-order valence-electron chi connectivity index (χ1n) is 8.49. The Kier molecular flexibility index (Phi) is 4.48. The van der Waals surface area contributed by atoms with Crippen molar-refractivity contribution in [2.24, 2.45) is 0 Å². The molecule has 0 aliphatic rings. The van der Waals surface area contributed by atoms with E-state index in [0.717, 1.165) is 16.9 Å². The van der Waals surface area contributed by atoms with Crippen LogP contribution in [-0.4, -0.2) is 9.55 Å². The smallest absolute Gasteiger partial charge is 0.261 e. The van der Waals surface area contributed by atoms with Crippen LogP contribution in [-0.2, 0) is 13.2 Å². The normalized spacial score (nSPS) is 10.8. The van der Waals surface area contributed by atoms with Crippen LogP contribution in [0.2, 0.25) is 0 Å². The van der Waals surface area contributed by atoms with Crippen LogP contribution >= 0.6 is 0 Å². The lowest BCUT2D eigenvalue weighted by molar-refractivity contribution is 0.306. The summed E-state index contributed by atoms with van der Waals surface area (Å²) in [4.78, 5) is 17.0. The number of hydrogen-bond donors (Lipinski definition) is 0. The van der Waals surface area contributed by atoms with Crippen molar-refractivity contribution in [3.63, 3.8) is 0 Å². The van der Waals surface area contributed by atoms with E-state index in [1.807, 2.05) is 72.8 Å². The van der Waals surface area contributed by atoms with Crippen LogP contribution in [0.15, 0.2) is 90.0 Å². The Bertz CT molecular complexity index is 1090. The van der Waals surface area contributed by atoms with Gasteiger partial charge in [-0.2, -0.15) is 0 Å². The Morgan fingerprint density at radius 1 is 0.846 bits per heavy atom. The molecule has 1 aromatic heterocycles. The first kappa shape index (κ1) is 16.1. The lowest BCUT2D eigenvalue weighted by atomic mass is 10.2. The highest BCUT2D eigenvalue weighted by Crippen LogP contribution is 2.16. The minimum atomic E-state index is -0.0359. The highest BCUT2D eigenvalue weighted by molar-refractivity contribution is 5.76. The van der Waals surface area contributed by atoms with Crippen molar-refractivity contribution >= 4 is 10.9 Å². The molecule has 0 atom stereocenters. The summed E-state index contributed by atoms with van der Waals surface area (Å²) in [5, 5.41) is 0.631. The topological polar surface area (TPSA) is 44.1 Å². The summed E-state index contributed by atoms with van der Waals surface area (Å²) in [7, 11) is 0. The third kappa shape index (κ3) is 3.49. The molecule has 0 N–H and O–H groups in total. The molecule has 0 unspecified atom stereocenters. The molecule has 4 heteroatoms. The Balaban J connectivity index is 1.54. The van der Waals surface area contributed by atoms with Gasteiger partial charge in [0.25, 0.3) is 5.56 Å². The molecule has 0 radical (unpaired) electrons. The Morgan fingerprint density at radius 3 is 2.50 bits per heavy atom. The van der Waals surface area contributed by atoms with Crippen LogP contribution in [0.4, 0.5) is 0 Å². The number of nitrogens with zero attached hydrogens (tertiary/aromatic N) is 2. The fourth-order valence-corrected chi connectivity index (χ4v) is 2.89. The van der Waals surface area contributed by atoms with E-state index >= 15 is 0 Å². The average molecular weight is 342 g/mol. The fraction of sp³-hybridized carbons (Fsp3) is 0.0909. The van der Waals surface area contributed by atoms with E-state index in [1.54, 1.807) is 17.0 Å². The maximum Gasteiger partial charge on any atom is 0.261 e. The van der Waals surface area contributed by atoms with Crippen molar-refractivity contribution in [1.29, 1.82) is 0 Å². The minimum absolute atomic E-state index is 0.0359. The summed E-state index contributed by atoms with van der Waals surface area (Å²) in [6, 6.07) is 25.2. The van der Waals surface area contributed by atoms with Gasteiger partial charge in [0, 0.05) is 0 Å². The lowest BCUT2D eigenvalue weighted by Crippen LogP contribution is -2.21. The summed E-state index contributed by atoms with van der Waals surface area (Å²) >= 11 is 0. The van der Waals surface area contributed by atoms with Gasteiger partial charge >= 0.3 is 0 Å². The molecule has 0 amide bonds. The van der Waals surface area contributed by atoms with Crippen LogP contribution in [0.5, 0.6) is 5.75 Å². The maximum absolute atomic E-state index is 12.6. The van der Waals surface area contributed by atoms with Crippen LogP contribution in [0, 0.1) is 0 Å². The number of benzene rings is 3. The Hall–Kier alpha value is -3.40. The van der Waals surface area contributed by atoms with E-state index in [-0.39, 0.29) is 5.56 Å². The van der Waals surface area contributed by atoms with Gasteiger partial charge in [-0.15, -0.1) is 0 Å². The second kappa shape index (κ2) is 7.23. The average Bonchev–Trinajstić information content (AvgIpc) is 2.70. The van der Waals surface area contributed by atoms with Gasteiger partial charge in [-0.1, -0.05) is 54.6 Å². The molecule has 0 saturated heterocycles. The third-order valence-electron chi connectivity index (χ3n) is 4.23. The van der Waals surface area contributed by atoms with Crippen molar-refractivity contribution < 1.29 is 4.74 Å². The van der Waals surface area contributed by atoms with Crippen LogP contribution in [0.25, 0.3) is 10.9 Å². The number of para-hydroxylation sites is 1. The van der Waals surface area contributed by atoms with Crippen molar-refractivity contribution in [2.45, 2.75) is 13.2 Å². The van der Waals surface area contributed by atoms with Gasteiger partial charge in [-0.3, -0.25) is 9.36 Å². The summed E-state index contributed by atoms with van der Waals surface area (Å²) < 4.78 is 7.49. The predicted octanol–water partition coefficient (Wildman–Crippen LogP) is 4.02. The molecule has 0 fully saturated rings. The third-order valence-corrected chi connectivity index (χ3v) is 4.23. The molecule has 1 heterocycles. The molecule has 4 aromatic rings. The minimum Gasteiger partial charge on any atom is -0.489 e.